The second-order valence-electron chi connectivity index (χ2n) is 9.15. The van der Waals surface area contributed by atoms with Gasteiger partial charge in [-0.25, -0.2) is 9.97 Å². The minimum absolute atomic E-state index is 0.191. The highest BCUT2D eigenvalue weighted by Gasteiger charge is 2.42. The molecule has 4 rings (SSSR count). The van der Waals surface area contributed by atoms with Gasteiger partial charge < -0.3 is 15.6 Å². The summed E-state index contributed by atoms with van der Waals surface area (Å²) in [6, 6.07) is 4.01. The number of nitrogens with two attached hydrogens (primary N) is 1. The van der Waals surface area contributed by atoms with E-state index in [0.29, 0.717) is 23.7 Å². The lowest BCUT2D eigenvalue weighted by Gasteiger charge is -2.36. The first-order chi connectivity index (χ1) is 14.3. The topological polar surface area (TPSA) is 84.5 Å². The summed E-state index contributed by atoms with van der Waals surface area (Å²) in [6.45, 7) is 9.05. The van der Waals surface area contributed by atoms with Crippen LogP contribution in [0.15, 0.2) is 24.5 Å². The summed E-state index contributed by atoms with van der Waals surface area (Å²) in [5, 5.41) is 11.6. The van der Waals surface area contributed by atoms with Crippen LogP contribution in [0.1, 0.15) is 49.3 Å². The Morgan fingerprint density at radius 3 is 2.53 bits per heavy atom. The third-order valence-electron chi connectivity index (χ3n) is 6.48. The molecule has 0 amide bonds. The second-order valence-corrected chi connectivity index (χ2v) is 9.56. The van der Waals surface area contributed by atoms with Crippen LogP contribution in [0.3, 0.4) is 0 Å². The number of aromatic nitrogens is 2. The van der Waals surface area contributed by atoms with Gasteiger partial charge in [-0.3, -0.25) is 4.90 Å². The van der Waals surface area contributed by atoms with Crippen molar-refractivity contribution in [3.8, 4) is 5.75 Å². The molecule has 1 aromatic heterocycles. The SMILES string of the molecule is Cc1cc(O[C@@H]2C[C@@H]3CN(Cc4cnc(N)nc4)C[C@@H]3C[C@H]2O)c(C(C)C)cc1Cl. The van der Waals surface area contributed by atoms with Crippen molar-refractivity contribution in [2.24, 2.45) is 11.8 Å². The first-order valence-electron chi connectivity index (χ1n) is 10.7. The van der Waals surface area contributed by atoms with Crippen LogP contribution in [0.2, 0.25) is 5.02 Å². The van der Waals surface area contributed by atoms with Gasteiger partial charge in [-0.1, -0.05) is 25.4 Å². The van der Waals surface area contributed by atoms with Crippen LogP contribution >= 0.6 is 11.6 Å². The Balaban J connectivity index is 1.43. The molecule has 162 valence electrons. The molecule has 2 fully saturated rings. The Hall–Kier alpha value is -1.89. The van der Waals surface area contributed by atoms with Crippen molar-refractivity contribution in [2.75, 3.05) is 18.8 Å². The number of nitrogens with zero attached hydrogens (tertiary/aromatic N) is 3. The molecule has 1 saturated carbocycles. The van der Waals surface area contributed by atoms with Crippen LogP contribution in [0.5, 0.6) is 5.75 Å². The third kappa shape index (κ3) is 4.56. The molecule has 0 bridgehead atoms. The standard InChI is InChI=1S/C23H31ClN4O2/c1-13(2)18-7-19(24)14(3)4-21(18)30-22-6-17-12-28(11-16(17)5-20(22)29)10-15-8-26-23(25)27-9-15/h4,7-9,13,16-17,20,22,29H,5-6,10-12H2,1-3H3,(H2,25,26,27)/t16-,17+,20+,22+/m0/s1. The maximum Gasteiger partial charge on any atom is 0.219 e. The fourth-order valence-corrected chi connectivity index (χ4v) is 5.01. The number of benzene rings is 1. The zero-order valence-corrected chi connectivity index (χ0v) is 18.6. The monoisotopic (exact) mass is 430 g/mol. The van der Waals surface area contributed by atoms with Crippen LogP contribution in [-0.2, 0) is 6.54 Å². The number of aliphatic hydroxyl groups excluding tert-OH is 1. The second kappa shape index (κ2) is 8.69. The van der Waals surface area contributed by atoms with Gasteiger partial charge >= 0.3 is 0 Å². The number of aryl methyl sites for hydroxylation is 1. The highest BCUT2D eigenvalue weighted by atomic mass is 35.5. The Labute approximate surface area is 183 Å². The number of likely N-dealkylation sites (tertiary alicyclic amines) is 1. The molecule has 0 unspecified atom stereocenters. The van der Waals surface area contributed by atoms with Crippen molar-refractivity contribution in [1.29, 1.82) is 0 Å². The number of fused-ring (bicyclic) bond motifs is 1. The molecular formula is C23H31ClN4O2. The quantitative estimate of drug-likeness (QED) is 0.750. The largest absolute Gasteiger partial charge is 0.487 e. The summed E-state index contributed by atoms with van der Waals surface area (Å²) >= 11 is 6.34. The summed E-state index contributed by atoms with van der Waals surface area (Å²) in [7, 11) is 0. The minimum Gasteiger partial charge on any atom is -0.487 e. The van der Waals surface area contributed by atoms with E-state index < -0.39 is 6.10 Å². The van der Waals surface area contributed by atoms with E-state index in [0.717, 1.165) is 59.9 Å². The highest BCUT2D eigenvalue weighted by Crippen LogP contribution is 2.40. The highest BCUT2D eigenvalue weighted by molar-refractivity contribution is 6.31. The van der Waals surface area contributed by atoms with Crippen LogP contribution < -0.4 is 10.5 Å². The van der Waals surface area contributed by atoms with Crippen LogP contribution in [-0.4, -0.2) is 45.3 Å². The van der Waals surface area contributed by atoms with E-state index in [4.69, 9.17) is 22.1 Å². The number of ether oxygens (including phenoxy) is 1. The van der Waals surface area contributed by atoms with E-state index in [2.05, 4.69) is 28.7 Å². The van der Waals surface area contributed by atoms with Gasteiger partial charge in [0.25, 0.3) is 0 Å². The fourth-order valence-electron chi connectivity index (χ4n) is 4.83. The predicted octanol–water partition coefficient (Wildman–Crippen LogP) is 3.79. The Morgan fingerprint density at radius 1 is 1.20 bits per heavy atom. The summed E-state index contributed by atoms with van der Waals surface area (Å²) in [5.74, 6) is 2.46. The van der Waals surface area contributed by atoms with Gasteiger partial charge in [-0.15, -0.1) is 0 Å². The van der Waals surface area contributed by atoms with Gasteiger partial charge in [0.05, 0.1) is 6.10 Å². The lowest BCUT2D eigenvalue weighted by molar-refractivity contribution is -0.0236. The predicted molar refractivity (Wildman–Crippen MR) is 119 cm³/mol. The van der Waals surface area contributed by atoms with Gasteiger partial charge in [-0.05, 0) is 60.8 Å². The van der Waals surface area contributed by atoms with Gasteiger partial charge in [0.2, 0.25) is 5.95 Å². The third-order valence-corrected chi connectivity index (χ3v) is 6.89. The van der Waals surface area contributed by atoms with Gasteiger partial charge in [0, 0.05) is 42.6 Å². The summed E-state index contributed by atoms with van der Waals surface area (Å²) < 4.78 is 6.41. The molecule has 1 aliphatic carbocycles. The average molecular weight is 431 g/mol. The minimum atomic E-state index is -0.456. The zero-order valence-electron chi connectivity index (χ0n) is 17.9. The molecule has 0 spiro atoms. The van der Waals surface area contributed by atoms with Gasteiger partial charge in [-0.2, -0.15) is 0 Å². The number of anilines is 1. The smallest absolute Gasteiger partial charge is 0.219 e. The molecule has 1 aliphatic heterocycles. The number of halogens is 1. The number of rotatable bonds is 5. The van der Waals surface area contributed by atoms with Crippen molar-refractivity contribution >= 4 is 17.5 Å². The van der Waals surface area contributed by atoms with E-state index in [1.54, 1.807) is 12.4 Å². The van der Waals surface area contributed by atoms with E-state index in [-0.39, 0.29) is 6.10 Å². The molecule has 2 heterocycles. The molecule has 2 aromatic rings. The molecule has 6 nitrogen and oxygen atoms in total. The summed E-state index contributed by atoms with van der Waals surface area (Å²) in [4.78, 5) is 10.6. The van der Waals surface area contributed by atoms with Crippen molar-refractivity contribution < 1.29 is 9.84 Å². The van der Waals surface area contributed by atoms with Crippen LogP contribution in [0, 0.1) is 18.8 Å². The van der Waals surface area contributed by atoms with E-state index in [1.807, 2.05) is 19.1 Å². The lowest BCUT2D eigenvalue weighted by Crippen LogP contribution is -2.42. The molecule has 30 heavy (non-hydrogen) atoms. The number of hydrogen-bond donors (Lipinski definition) is 2. The van der Waals surface area contributed by atoms with Crippen LogP contribution in [0.4, 0.5) is 5.95 Å². The summed E-state index contributed by atoms with van der Waals surface area (Å²) in [5.41, 5.74) is 8.74. The summed E-state index contributed by atoms with van der Waals surface area (Å²) in [6.07, 6.45) is 4.57. The molecule has 1 aromatic carbocycles. The van der Waals surface area contributed by atoms with E-state index in [1.165, 1.54) is 0 Å². The number of aliphatic hydroxyl groups is 1. The fraction of sp³-hybridized carbons (Fsp3) is 0.565. The maximum atomic E-state index is 10.8. The first kappa shape index (κ1) is 21.3. The molecule has 3 N–H and O–H groups in total. The van der Waals surface area contributed by atoms with Crippen molar-refractivity contribution in [2.45, 2.75) is 58.3 Å². The number of nitrogen functional groups attached to an aromatic ring is 1. The first-order valence-corrected chi connectivity index (χ1v) is 11.1. The maximum absolute atomic E-state index is 10.8. The zero-order chi connectivity index (χ0) is 21.4. The van der Waals surface area contributed by atoms with Crippen molar-refractivity contribution in [1.82, 2.24) is 14.9 Å². The Bertz CT molecular complexity index is 890. The molecule has 4 atom stereocenters. The molecule has 1 saturated heterocycles. The molecule has 0 radical (unpaired) electrons. The van der Waals surface area contributed by atoms with E-state index >= 15 is 0 Å². The molecule has 2 aliphatic rings. The van der Waals surface area contributed by atoms with Crippen LogP contribution in [0.25, 0.3) is 0 Å². The average Bonchev–Trinajstić information content (AvgIpc) is 3.07. The molecule has 7 heteroatoms. The number of hydrogen-bond acceptors (Lipinski definition) is 6. The molecular weight excluding hydrogens is 400 g/mol. The Morgan fingerprint density at radius 2 is 1.87 bits per heavy atom. The normalized spacial score (nSPS) is 26.7. The lowest BCUT2D eigenvalue weighted by atomic mass is 9.78. The Kier molecular flexibility index (Phi) is 6.19. The van der Waals surface area contributed by atoms with Crippen molar-refractivity contribution in [3.63, 3.8) is 0 Å². The van der Waals surface area contributed by atoms with Gasteiger partial charge in [0.15, 0.2) is 0 Å². The van der Waals surface area contributed by atoms with Crippen molar-refractivity contribution in [3.05, 3.63) is 46.2 Å². The van der Waals surface area contributed by atoms with E-state index in [9.17, 15) is 5.11 Å². The van der Waals surface area contributed by atoms with Gasteiger partial charge in [0.1, 0.15) is 11.9 Å².